The van der Waals surface area contributed by atoms with Crippen LogP contribution in [0.1, 0.15) is 50.6 Å². The zero-order chi connectivity index (χ0) is 26.3. The molecule has 1 aliphatic heterocycles. The molecule has 0 bridgehead atoms. The van der Waals surface area contributed by atoms with Gasteiger partial charge >= 0.3 is 12.1 Å². The molecule has 1 saturated carbocycles. The zero-order valence-electron chi connectivity index (χ0n) is 21.8. The van der Waals surface area contributed by atoms with Crippen LogP contribution in [-0.4, -0.2) is 54.0 Å². The van der Waals surface area contributed by atoms with Gasteiger partial charge in [-0.05, 0) is 75.4 Å². The first-order valence-electron chi connectivity index (χ1n) is 12.9. The highest BCUT2D eigenvalue weighted by atomic mass is 16.5. The molecule has 1 N–H and O–H groups in total. The summed E-state index contributed by atoms with van der Waals surface area (Å²) in [4.78, 5) is 33.5. The number of aryl methyl sites for hydroxylation is 1. The first-order chi connectivity index (χ1) is 17.8. The van der Waals surface area contributed by atoms with E-state index >= 15 is 0 Å². The Morgan fingerprint density at radius 3 is 2.51 bits per heavy atom. The third kappa shape index (κ3) is 4.36. The van der Waals surface area contributed by atoms with Crippen LogP contribution in [0.2, 0.25) is 0 Å². The normalized spacial score (nSPS) is 21.4. The van der Waals surface area contributed by atoms with Crippen molar-refractivity contribution in [2.24, 2.45) is 5.92 Å². The van der Waals surface area contributed by atoms with E-state index in [1.807, 2.05) is 55.3 Å². The van der Waals surface area contributed by atoms with Gasteiger partial charge < -0.3 is 24.0 Å². The van der Waals surface area contributed by atoms with Gasteiger partial charge in [0.2, 0.25) is 5.95 Å². The number of imidazole rings is 1. The first-order valence-corrected chi connectivity index (χ1v) is 12.9. The number of methoxy groups -OCH3 is 2. The monoisotopic (exact) mass is 506 g/mol. The Kier molecular flexibility index (Phi) is 6.70. The van der Waals surface area contributed by atoms with Crippen LogP contribution in [0, 0.1) is 5.92 Å². The SMILES string of the molecule is COC(=O)N1c2ccc3c(nc(N(C)c4ccc(OC)cc4)n3[C@@H]3CCC[C@@H](C(=O)O)C3)c2CCC1C. The number of aromatic nitrogens is 2. The van der Waals surface area contributed by atoms with Crippen LogP contribution >= 0.6 is 0 Å². The largest absolute Gasteiger partial charge is 0.497 e. The topological polar surface area (TPSA) is 97.1 Å². The maximum atomic E-state index is 12.6. The molecule has 2 heterocycles. The number of carbonyl (C=O) groups is 2. The molecule has 3 atom stereocenters. The number of anilines is 3. The lowest BCUT2D eigenvalue weighted by atomic mass is 9.85. The molecule has 9 nitrogen and oxygen atoms in total. The number of ether oxygens (including phenoxy) is 2. The first kappa shape index (κ1) is 24.9. The van der Waals surface area contributed by atoms with Crippen molar-refractivity contribution in [3.05, 3.63) is 42.0 Å². The highest BCUT2D eigenvalue weighted by Crippen LogP contribution is 2.43. The molecule has 37 heavy (non-hydrogen) atoms. The third-order valence-corrected chi connectivity index (χ3v) is 7.93. The van der Waals surface area contributed by atoms with Gasteiger partial charge in [-0.3, -0.25) is 9.69 Å². The summed E-state index contributed by atoms with van der Waals surface area (Å²) in [6.07, 6.45) is 4.23. The number of carbonyl (C=O) groups excluding carboxylic acids is 1. The van der Waals surface area contributed by atoms with E-state index in [0.29, 0.717) is 12.8 Å². The molecule has 0 radical (unpaired) electrons. The number of benzene rings is 2. The van der Waals surface area contributed by atoms with Gasteiger partial charge in [-0.15, -0.1) is 0 Å². The number of fused-ring (bicyclic) bond motifs is 3. The van der Waals surface area contributed by atoms with Crippen molar-refractivity contribution in [1.82, 2.24) is 9.55 Å². The van der Waals surface area contributed by atoms with Crippen molar-refractivity contribution in [3.63, 3.8) is 0 Å². The lowest BCUT2D eigenvalue weighted by Crippen LogP contribution is -2.42. The van der Waals surface area contributed by atoms with Crippen LogP contribution in [0.3, 0.4) is 0 Å². The Balaban J connectivity index is 1.67. The van der Waals surface area contributed by atoms with Crippen molar-refractivity contribution >= 4 is 40.4 Å². The van der Waals surface area contributed by atoms with E-state index in [1.165, 1.54) is 7.11 Å². The Morgan fingerprint density at radius 2 is 1.84 bits per heavy atom. The minimum Gasteiger partial charge on any atom is -0.497 e. The fourth-order valence-corrected chi connectivity index (χ4v) is 5.90. The predicted octanol–water partition coefficient (Wildman–Crippen LogP) is 5.54. The number of rotatable bonds is 5. The Bertz CT molecular complexity index is 1320. The van der Waals surface area contributed by atoms with E-state index in [0.717, 1.165) is 65.4 Å². The number of hydrogen-bond donors (Lipinski definition) is 1. The van der Waals surface area contributed by atoms with Crippen molar-refractivity contribution in [1.29, 1.82) is 0 Å². The number of carboxylic acids is 1. The molecule has 0 saturated heterocycles. The van der Waals surface area contributed by atoms with Gasteiger partial charge in [-0.25, -0.2) is 9.78 Å². The van der Waals surface area contributed by atoms with E-state index in [2.05, 4.69) is 4.57 Å². The lowest BCUT2D eigenvalue weighted by Gasteiger charge is -2.34. The molecule has 196 valence electrons. The molecule has 1 unspecified atom stereocenters. The molecule has 2 aliphatic rings. The van der Waals surface area contributed by atoms with E-state index in [1.54, 1.807) is 12.0 Å². The van der Waals surface area contributed by atoms with Gasteiger partial charge in [0.25, 0.3) is 0 Å². The summed E-state index contributed by atoms with van der Waals surface area (Å²) in [5, 5.41) is 9.76. The summed E-state index contributed by atoms with van der Waals surface area (Å²) in [6, 6.07) is 11.8. The van der Waals surface area contributed by atoms with Crippen LogP contribution in [-0.2, 0) is 16.0 Å². The van der Waals surface area contributed by atoms with Gasteiger partial charge in [-0.1, -0.05) is 6.42 Å². The number of hydrogen-bond acceptors (Lipinski definition) is 6. The van der Waals surface area contributed by atoms with Crippen molar-refractivity contribution in [3.8, 4) is 5.75 Å². The van der Waals surface area contributed by atoms with Gasteiger partial charge in [-0.2, -0.15) is 0 Å². The standard InChI is InChI=1S/C28H34N4O5/c1-17-8-13-22-23(31(17)28(35)37-4)14-15-24-25(22)29-27(30(2)19-9-11-21(36-3)12-10-19)32(24)20-7-5-6-18(16-20)26(33)34/h9-12,14-15,17-18,20H,5-8,13,16H2,1-4H3,(H,33,34)/t17?,18-,20-/m1/s1. The minimum atomic E-state index is -0.737. The zero-order valence-corrected chi connectivity index (χ0v) is 21.8. The highest BCUT2D eigenvalue weighted by Gasteiger charge is 2.35. The summed E-state index contributed by atoms with van der Waals surface area (Å²) in [6.45, 7) is 2.03. The third-order valence-electron chi connectivity index (χ3n) is 7.93. The number of carboxylic acid groups (broad SMARTS) is 1. The molecule has 9 heteroatoms. The Hall–Kier alpha value is -3.75. The average Bonchev–Trinajstić information content (AvgIpc) is 3.32. The summed E-state index contributed by atoms with van der Waals surface area (Å²) in [5.41, 5.74) is 4.61. The van der Waals surface area contributed by atoms with Crippen molar-refractivity contribution in [2.45, 2.75) is 57.5 Å². The van der Waals surface area contributed by atoms with Gasteiger partial charge in [0.05, 0.1) is 36.9 Å². The second kappa shape index (κ2) is 9.95. The van der Waals surface area contributed by atoms with Gasteiger partial charge in [0, 0.05) is 30.4 Å². The van der Waals surface area contributed by atoms with Gasteiger partial charge in [0.15, 0.2) is 0 Å². The van der Waals surface area contributed by atoms with Crippen molar-refractivity contribution < 1.29 is 24.2 Å². The average molecular weight is 507 g/mol. The number of amides is 1. The van der Waals surface area contributed by atoms with Crippen molar-refractivity contribution in [2.75, 3.05) is 31.1 Å². The molecule has 1 amide bonds. The molecular formula is C28H34N4O5. The lowest BCUT2D eigenvalue weighted by molar-refractivity contribution is -0.143. The molecule has 1 aromatic heterocycles. The van der Waals surface area contributed by atoms with E-state index in [-0.39, 0.29) is 24.1 Å². The van der Waals surface area contributed by atoms with E-state index in [4.69, 9.17) is 14.5 Å². The number of nitrogens with zero attached hydrogens (tertiary/aromatic N) is 4. The fraction of sp³-hybridized carbons (Fsp3) is 0.464. The number of aliphatic carboxylic acids is 1. The molecule has 0 spiro atoms. The summed E-state index contributed by atoms with van der Waals surface area (Å²) >= 11 is 0. The van der Waals surface area contributed by atoms with Crippen LogP contribution in [0.5, 0.6) is 5.75 Å². The molecule has 5 rings (SSSR count). The summed E-state index contributed by atoms with van der Waals surface area (Å²) < 4.78 is 12.6. The molecule has 3 aromatic rings. The van der Waals surface area contributed by atoms with E-state index < -0.39 is 5.97 Å². The predicted molar refractivity (Wildman–Crippen MR) is 142 cm³/mol. The Morgan fingerprint density at radius 1 is 1.08 bits per heavy atom. The highest BCUT2D eigenvalue weighted by molar-refractivity contribution is 5.96. The minimum absolute atomic E-state index is 0.00724. The van der Waals surface area contributed by atoms with Crippen LogP contribution in [0.4, 0.5) is 22.1 Å². The Labute approximate surface area is 216 Å². The van der Waals surface area contributed by atoms with Gasteiger partial charge in [0.1, 0.15) is 5.75 Å². The summed E-state index contributed by atoms with van der Waals surface area (Å²) in [7, 11) is 5.02. The molecule has 1 aliphatic carbocycles. The smallest absolute Gasteiger partial charge is 0.414 e. The van der Waals surface area contributed by atoms with Crippen LogP contribution < -0.4 is 14.5 Å². The maximum Gasteiger partial charge on any atom is 0.414 e. The maximum absolute atomic E-state index is 12.6. The molecule has 1 fully saturated rings. The second-order valence-electron chi connectivity index (χ2n) is 10.1. The fourth-order valence-electron chi connectivity index (χ4n) is 5.90. The second-order valence-corrected chi connectivity index (χ2v) is 10.1. The molecular weight excluding hydrogens is 472 g/mol. The molecule has 2 aromatic carbocycles. The van der Waals surface area contributed by atoms with Crippen LogP contribution in [0.15, 0.2) is 36.4 Å². The quantitative estimate of drug-likeness (QED) is 0.485. The summed E-state index contributed by atoms with van der Waals surface area (Å²) in [5.74, 6) is 0.420. The van der Waals surface area contributed by atoms with E-state index in [9.17, 15) is 14.7 Å². The van der Waals surface area contributed by atoms with Crippen LogP contribution in [0.25, 0.3) is 11.0 Å².